The van der Waals surface area contributed by atoms with Crippen molar-refractivity contribution in [1.82, 2.24) is 15.2 Å². The lowest BCUT2D eigenvalue weighted by Gasteiger charge is -2.53. The van der Waals surface area contributed by atoms with Gasteiger partial charge in [-0.25, -0.2) is 4.79 Å². The van der Waals surface area contributed by atoms with E-state index in [1.807, 2.05) is 6.92 Å². The van der Waals surface area contributed by atoms with Gasteiger partial charge in [0.15, 0.2) is 0 Å². The van der Waals surface area contributed by atoms with Crippen molar-refractivity contribution < 1.29 is 29.0 Å². The van der Waals surface area contributed by atoms with Crippen molar-refractivity contribution in [1.29, 1.82) is 0 Å². The molecule has 0 unspecified atom stereocenters. The second kappa shape index (κ2) is 8.08. The van der Waals surface area contributed by atoms with Crippen LogP contribution in [0.2, 0.25) is 0 Å². The van der Waals surface area contributed by atoms with E-state index in [2.05, 4.69) is 15.0 Å². The number of hydrogen-bond acceptors (Lipinski definition) is 7. The van der Waals surface area contributed by atoms with Crippen LogP contribution in [0.5, 0.6) is 0 Å². The largest absolute Gasteiger partial charge is 0.465 e. The standard InChI is InChI=1S/C20H27N3O6/c1-13(24)22-19(2)6-9-29-20(18(19)27)4-7-23(8-5-20)16(25)14-10-15(12-21-11-14)17(26)28-3/h10-12,18,27H,4-9H2,1-3H3,(H,22,24)/t18-,19+/m1/s1. The summed E-state index contributed by atoms with van der Waals surface area (Å²) in [6.45, 7) is 4.44. The summed E-state index contributed by atoms with van der Waals surface area (Å²) in [5.41, 5.74) is -1.06. The maximum atomic E-state index is 12.9. The van der Waals surface area contributed by atoms with Gasteiger partial charge >= 0.3 is 5.97 Å². The SMILES string of the molecule is COC(=O)c1cncc(C(=O)N2CCC3(CC2)OCC[C@](C)(NC(C)=O)[C@H]3O)c1. The molecule has 0 saturated carbocycles. The predicted molar refractivity (Wildman–Crippen MR) is 102 cm³/mol. The molecule has 2 N–H and O–H groups in total. The van der Waals surface area contributed by atoms with Gasteiger partial charge < -0.3 is 24.8 Å². The van der Waals surface area contributed by atoms with Crippen LogP contribution in [0.25, 0.3) is 0 Å². The highest BCUT2D eigenvalue weighted by Crippen LogP contribution is 2.40. The number of hydrogen-bond donors (Lipinski definition) is 2. The molecule has 1 aromatic rings. The van der Waals surface area contributed by atoms with E-state index in [0.717, 1.165) is 0 Å². The number of likely N-dealkylation sites (tertiary alicyclic amines) is 1. The fourth-order valence-electron chi connectivity index (χ4n) is 4.27. The molecular formula is C20H27N3O6. The topological polar surface area (TPSA) is 118 Å². The average molecular weight is 405 g/mol. The molecule has 2 amide bonds. The van der Waals surface area contributed by atoms with Crippen molar-refractivity contribution in [2.24, 2.45) is 0 Å². The molecule has 3 heterocycles. The number of rotatable bonds is 3. The van der Waals surface area contributed by atoms with Crippen molar-refractivity contribution in [3.8, 4) is 0 Å². The van der Waals surface area contributed by atoms with Crippen LogP contribution in [0.4, 0.5) is 0 Å². The highest BCUT2D eigenvalue weighted by atomic mass is 16.5. The number of nitrogens with one attached hydrogen (secondary N) is 1. The minimum atomic E-state index is -0.880. The van der Waals surface area contributed by atoms with Crippen molar-refractivity contribution in [3.05, 3.63) is 29.6 Å². The summed E-state index contributed by atoms with van der Waals surface area (Å²) in [4.78, 5) is 41.7. The smallest absolute Gasteiger partial charge is 0.339 e. The highest BCUT2D eigenvalue weighted by molar-refractivity contribution is 5.97. The van der Waals surface area contributed by atoms with Gasteiger partial charge in [0.25, 0.3) is 5.91 Å². The number of nitrogens with zero attached hydrogens (tertiary/aromatic N) is 2. The van der Waals surface area contributed by atoms with Crippen LogP contribution in [0.15, 0.2) is 18.5 Å². The summed E-state index contributed by atoms with van der Waals surface area (Å²) in [6.07, 6.45) is 3.29. The van der Waals surface area contributed by atoms with Gasteiger partial charge in [0.1, 0.15) is 6.10 Å². The summed E-state index contributed by atoms with van der Waals surface area (Å²) in [6, 6.07) is 1.46. The fourth-order valence-corrected chi connectivity index (χ4v) is 4.27. The third kappa shape index (κ3) is 4.11. The third-order valence-corrected chi connectivity index (χ3v) is 5.88. The third-order valence-electron chi connectivity index (χ3n) is 5.88. The number of piperidine rings is 1. The van der Waals surface area contributed by atoms with E-state index < -0.39 is 23.2 Å². The number of pyridine rings is 1. The first-order chi connectivity index (χ1) is 13.7. The molecule has 2 saturated heterocycles. The molecule has 9 heteroatoms. The van der Waals surface area contributed by atoms with Crippen molar-refractivity contribution >= 4 is 17.8 Å². The Labute approximate surface area is 169 Å². The van der Waals surface area contributed by atoms with Gasteiger partial charge in [-0.2, -0.15) is 0 Å². The monoisotopic (exact) mass is 405 g/mol. The number of ether oxygens (including phenoxy) is 2. The zero-order valence-corrected chi connectivity index (χ0v) is 16.9. The van der Waals surface area contributed by atoms with Gasteiger partial charge in [0.2, 0.25) is 5.91 Å². The number of aliphatic hydroxyl groups is 1. The summed E-state index contributed by atoms with van der Waals surface area (Å²) in [5.74, 6) is -0.997. The van der Waals surface area contributed by atoms with E-state index >= 15 is 0 Å². The van der Waals surface area contributed by atoms with Crippen molar-refractivity contribution in [2.45, 2.75) is 50.4 Å². The summed E-state index contributed by atoms with van der Waals surface area (Å²) < 4.78 is 10.7. The molecule has 1 spiro atoms. The van der Waals surface area contributed by atoms with Gasteiger partial charge in [-0.1, -0.05) is 0 Å². The number of esters is 1. The number of amides is 2. The number of carbonyl (C=O) groups is 3. The van der Waals surface area contributed by atoms with E-state index in [9.17, 15) is 19.5 Å². The minimum absolute atomic E-state index is 0.200. The molecule has 158 valence electrons. The number of aromatic nitrogens is 1. The molecule has 0 aromatic carbocycles. The van der Waals surface area contributed by atoms with Crippen LogP contribution >= 0.6 is 0 Å². The van der Waals surface area contributed by atoms with Gasteiger partial charge in [0, 0.05) is 39.0 Å². The molecular weight excluding hydrogens is 378 g/mol. The molecule has 2 atom stereocenters. The normalized spacial score (nSPS) is 26.1. The lowest BCUT2D eigenvalue weighted by Crippen LogP contribution is -2.69. The lowest BCUT2D eigenvalue weighted by molar-refractivity contribution is -0.205. The first-order valence-corrected chi connectivity index (χ1v) is 9.64. The van der Waals surface area contributed by atoms with Crippen LogP contribution in [0.1, 0.15) is 53.8 Å². The second-order valence-electron chi connectivity index (χ2n) is 7.91. The van der Waals surface area contributed by atoms with E-state index in [1.54, 1.807) is 4.90 Å². The van der Waals surface area contributed by atoms with E-state index in [4.69, 9.17) is 4.74 Å². The number of aliphatic hydroxyl groups excluding tert-OH is 1. The first-order valence-electron chi connectivity index (χ1n) is 9.64. The molecule has 2 fully saturated rings. The van der Waals surface area contributed by atoms with Crippen LogP contribution in [0.3, 0.4) is 0 Å². The van der Waals surface area contributed by atoms with Crippen LogP contribution in [-0.2, 0) is 14.3 Å². The Morgan fingerprint density at radius 3 is 2.52 bits per heavy atom. The minimum Gasteiger partial charge on any atom is -0.465 e. The zero-order valence-electron chi connectivity index (χ0n) is 16.9. The van der Waals surface area contributed by atoms with E-state index in [-0.39, 0.29) is 17.4 Å². The number of methoxy groups -OCH3 is 1. The Morgan fingerprint density at radius 2 is 1.90 bits per heavy atom. The predicted octanol–water partition coefficient (Wildman–Crippen LogP) is 0.519. The fraction of sp³-hybridized carbons (Fsp3) is 0.600. The Morgan fingerprint density at radius 1 is 1.24 bits per heavy atom. The highest BCUT2D eigenvalue weighted by Gasteiger charge is 2.53. The first kappa shape index (κ1) is 21.2. The molecule has 29 heavy (non-hydrogen) atoms. The molecule has 0 radical (unpaired) electrons. The van der Waals surface area contributed by atoms with Gasteiger partial charge in [-0.15, -0.1) is 0 Å². The Balaban J connectivity index is 1.71. The van der Waals surface area contributed by atoms with Crippen molar-refractivity contribution in [2.75, 3.05) is 26.8 Å². The summed E-state index contributed by atoms with van der Waals surface area (Å²) in [7, 11) is 1.27. The van der Waals surface area contributed by atoms with Crippen LogP contribution in [-0.4, -0.2) is 76.8 Å². The molecule has 9 nitrogen and oxygen atoms in total. The quantitative estimate of drug-likeness (QED) is 0.704. The lowest BCUT2D eigenvalue weighted by atomic mass is 9.73. The Hall–Kier alpha value is -2.52. The van der Waals surface area contributed by atoms with Gasteiger partial charge in [0.05, 0.1) is 29.4 Å². The van der Waals surface area contributed by atoms with Crippen LogP contribution < -0.4 is 5.32 Å². The van der Waals surface area contributed by atoms with E-state index in [0.29, 0.717) is 44.5 Å². The van der Waals surface area contributed by atoms with Gasteiger partial charge in [-0.05, 0) is 32.3 Å². The van der Waals surface area contributed by atoms with Crippen LogP contribution in [0, 0.1) is 0 Å². The molecule has 0 bridgehead atoms. The Kier molecular flexibility index (Phi) is 5.90. The maximum Gasteiger partial charge on any atom is 0.339 e. The molecule has 2 aliphatic heterocycles. The molecule has 1 aromatic heterocycles. The van der Waals surface area contributed by atoms with E-state index in [1.165, 1.54) is 32.5 Å². The summed E-state index contributed by atoms with van der Waals surface area (Å²) >= 11 is 0. The van der Waals surface area contributed by atoms with Gasteiger partial charge in [-0.3, -0.25) is 14.6 Å². The molecule has 0 aliphatic carbocycles. The van der Waals surface area contributed by atoms with Crippen molar-refractivity contribution in [3.63, 3.8) is 0 Å². The second-order valence-corrected chi connectivity index (χ2v) is 7.91. The zero-order chi connectivity index (χ0) is 21.2. The number of carbonyl (C=O) groups excluding carboxylic acids is 3. The maximum absolute atomic E-state index is 12.9. The average Bonchev–Trinajstić information content (AvgIpc) is 2.71. The Bertz CT molecular complexity index is 805. The molecule has 3 rings (SSSR count). The summed E-state index contributed by atoms with van der Waals surface area (Å²) in [5, 5.41) is 13.9. The molecule has 2 aliphatic rings.